The Morgan fingerprint density at radius 1 is 1.12 bits per heavy atom. The summed E-state index contributed by atoms with van der Waals surface area (Å²) in [6, 6.07) is 8.99. The SMILES string of the molecule is Cc1ccc(C(F)(F)F)cc1N1C(=O)CSC1c1ccc(F)cc1. The Hall–Kier alpha value is -2.02. The molecule has 1 aliphatic rings. The highest BCUT2D eigenvalue weighted by atomic mass is 32.2. The van der Waals surface area contributed by atoms with E-state index in [0.29, 0.717) is 11.1 Å². The first kappa shape index (κ1) is 16.8. The van der Waals surface area contributed by atoms with Crippen LogP contribution in [0.5, 0.6) is 0 Å². The maximum atomic E-state index is 13.1. The van der Waals surface area contributed by atoms with Crippen molar-refractivity contribution in [2.75, 3.05) is 10.7 Å². The van der Waals surface area contributed by atoms with E-state index in [0.717, 1.165) is 12.1 Å². The Kier molecular flexibility index (Phi) is 4.29. The van der Waals surface area contributed by atoms with E-state index in [1.165, 1.54) is 34.9 Å². The zero-order valence-corrected chi connectivity index (χ0v) is 13.4. The summed E-state index contributed by atoms with van der Waals surface area (Å²) in [6.07, 6.45) is -4.48. The van der Waals surface area contributed by atoms with E-state index >= 15 is 0 Å². The first-order valence-electron chi connectivity index (χ1n) is 7.14. The highest BCUT2D eigenvalue weighted by Crippen LogP contribution is 2.44. The van der Waals surface area contributed by atoms with Crippen molar-refractivity contribution in [3.63, 3.8) is 0 Å². The molecule has 3 rings (SSSR count). The molecule has 0 N–H and O–H groups in total. The summed E-state index contributed by atoms with van der Waals surface area (Å²) < 4.78 is 52.1. The Bertz CT molecular complexity index is 773. The predicted molar refractivity (Wildman–Crippen MR) is 85.3 cm³/mol. The lowest BCUT2D eigenvalue weighted by Gasteiger charge is -2.26. The number of alkyl halides is 3. The molecule has 0 aromatic heterocycles. The molecule has 7 heteroatoms. The van der Waals surface area contributed by atoms with Gasteiger partial charge in [-0.25, -0.2) is 4.39 Å². The molecule has 126 valence electrons. The first-order valence-corrected chi connectivity index (χ1v) is 8.19. The molecule has 0 spiro atoms. The van der Waals surface area contributed by atoms with Crippen LogP contribution in [0.3, 0.4) is 0 Å². The molecule has 1 unspecified atom stereocenters. The van der Waals surface area contributed by atoms with Gasteiger partial charge < -0.3 is 0 Å². The quantitative estimate of drug-likeness (QED) is 0.712. The van der Waals surface area contributed by atoms with Gasteiger partial charge in [0.1, 0.15) is 11.2 Å². The van der Waals surface area contributed by atoms with Crippen molar-refractivity contribution in [2.45, 2.75) is 18.5 Å². The fourth-order valence-corrected chi connectivity index (χ4v) is 3.77. The van der Waals surface area contributed by atoms with Crippen LogP contribution in [0.1, 0.15) is 22.1 Å². The van der Waals surface area contributed by atoms with Crippen LogP contribution in [0.2, 0.25) is 0 Å². The van der Waals surface area contributed by atoms with Gasteiger partial charge in [0, 0.05) is 5.69 Å². The zero-order valence-electron chi connectivity index (χ0n) is 12.6. The Morgan fingerprint density at radius 3 is 2.42 bits per heavy atom. The number of thioether (sulfide) groups is 1. The molecule has 24 heavy (non-hydrogen) atoms. The van der Waals surface area contributed by atoms with Gasteiger partial charge in [-0.05, 0) is 42.3 Å². The number of aryl methyl sites for hydroxylation is 1. The summed E-state index contributed by atoms with van der Waals surface area (Å²) in [5.41, 5.74) is 0.676. The molecule has 1 atom stereocenters. The van der Waals surface area contributed by atoms with Crippen molar-refractivity contribution < 1.29 is 22.4 Å². The number of halogens is 4. The third-order valence-corrected chi connectivity index (χ3v) is 5.03. The average Bonchev–Trinajstić information content (AvgIpc) is 2.89. The smallest absolute Gasteiger partial charge is 0.295 e. The summed E-state index contributed by atoms with van der Waals surface area (Å²) in [4.78, 5) is 13.7. The van der Waals surface area contributed by atoms with E-state index in [4.69, 9.17) is 0 Å². The van der Waals surface area contributed by atoms with Gasteiger partial charge in [-0.15, -0.1) is 11.8 Å². The molecular formula is C17H13F4NOS. The maximum Gasteiger partial charge on any atom is 0.416 e. The number of nitrogens with zero attached hydrogens (tertiary/aromatic N) is 1. The van der Waals surface area contributed by atoms with Gasteiger partial charge in [0.25, 0.3) is 0 Å². The van der Waals surface area contributed by atoms with Crippen molar-refractivity contribution in [3.05, 3.63) is 65.0 Å². The van der Waals surface area contributed by atoms with Crippen LogP contribution in [0.4, 0.5) is 23.2 Å². The number of carbonyl (C=O) groups is 1. The zero-order chi connectivity index (χ0) is 17.5. The highest BCUT2D eigenvalue weighted by Gasteiger charge is 2.37. The number of benzene rings is 2. The van der Waals surface area contributed by atoms with Gasteiger partial charge in [-0.1, -0.05) is 18.2 Å². The third kappa shape index (κ3) is 3.13. The average molecular weight is 355 g/mol. The van der Waals surface area contributed by atoms with Crippen molar-refractivity contribution in [2.24, 2.45) is 0 Å². The third-order valence-electron chi connectivity index (χ3n) is 3.82. The van der Waals surface area contributed by atoms with E-state index < -0.39 is 22.9 Å². The van der Waals surface area contributed by atoms with E-state index in [1.807, 2.05) is 0 Å². The molecule has 1 fully saturated rings. The molecule has 0 bridgehead atoms. The van der Waals surface area contributed by atoms with E-state index in [1.54, 1.807) is 19.1 Å². The van der Waals surface area contributed by atoms with Crippen LogP contribution >= 0.6 is 11.8 Å². The van der Waals surface area contributed by atoms with Crippen molar-refractivity contribution >= 4 is 23.4 Å². The number of hydrogen-bond donors (Lipinski definition) is 0. The summed E-state index contributed by atoms with van der Waals surface area (Å²) in [7, 11) is 0. The summed E-state index contributed by atoms with van der Waals surface area (Å²) in [6.45, 7) is 1.66. The lowest BCUT2D eigenvalue weighted by Crippen LogP contribution is -2.29. The number of anilines is 1. The first-order chi connectivity index (χ1) is 11.3. The monoisotopic (exact) mass is 355 g/mol. The highest BCUT2D eigenvalue weighted by molar-refractivity contribution is 8.00. The van der Waals surface area contributed by atoms with Crippen molar-refractivity contribution in [3.8, 4) is 0 Å². The summed E-state index contributed by atoms with van der Waals surface area (Å²) in [5, 5.41) is -0.472. The molecule has 1 amide bonds. The van der Waals surface area contributed by atoms with Crippen LogP contribution < -0.4 is 4.90 Å². The molecule has 2 aromatic rings. The van der Waals surface area contributed by atoms with Crippen LogP contribution in [0, 0.1) is 12.7 Å². The van der Waals surface area contributed by atoms with Gasteiger partial charge in [0.05, 0.1) is 11.3 Å². The topological polar surface area (TPSA) is 20.3 Å². The lowest BCUT2D eigenvalue weighted by atomic mass is 10.1. The molecule has 0 radical (unpaired) electrons. The molecule has 1 aliphatic heterocycles. The number of hydrogen-bond acceptors (Lipinski definition) is 2. The van der Waals surface area contributed by atoms with Gasteiger partial charge >= 0.3 is 6.18 Å². The second-order valence-electron chi connectivity index (χ2n) is 5.48. The number of rotatable bonds is 2. The molecule has 2 aromatic carbocycles. The van der Waals surface area contributed by atoms with Gasteiger partial charge in [-0.2, -0.15) is 13.2 Å². The van der Waals surface area contributed by atoms with E-state index in [9.17, 15) is 22.4 Å². The molecule has 1 saturated heterocycles. The van der Waals surface area contributed by atoms with Crippen LogP contribution in [0.25, 0.3) is 0 Å². The Labute approximate surface area is 140 Å². The number of carbonyl (C=O) groups excluding carboxylic acids is 1. The molecule has 0 saturated carbocycles. The van der Waals surface area contributed by atoms with Gasteiger partial charge in [-0.3, -0.25) is 9.69 Å². The minimum Gasteiger partial charge on any atom is -0.295 e. The summed E-state index contributed by atoms with van der Waals surface area (Å²) in [5.74, 6) is -0.510. The second kappa shape index (κ2) is 6.12. The van der Waals surface area contributed by atoms with Gasteiger partial charge in [0.15, 0.2) is 0 Å². The standard InChI is InChI=1S/C17H13F4NOS/c1-10-2-5-12(17(19,20)21)8-14(10)22-15(23)9-24-16(22)11-3-6-13(18)7-4-11/h2-8,16H,9H2,1H3. The normalized spacial score (nSPS) is 18.3. The Morgan fingerprint density at radius 2 is 1.79 bits per heavy atom. The summed E-state index contributed by atoms with van der Waals surface area (Å²) >= 11 is 1.31. The fraction of sp³-hybridized carbons (Fsp3) is 0.235. The number of amides is 1. The van der Waals surface area contributed by atoms with Gasteiger partial charge in [0.2, 0.25) is 5.91 Å². The molecule has 1 heterocycles. The minimum atomic E-state index is -4.48. The van der Waals surface area contributed by atoms with E-state index in [2.05, 4.69) is 0 Å². The van der Waals surface area contributed by atoms with E-state index in [-0.39, 0.29) is 17.3 Å². The molecule has 2 nitrogen and oxygen atoms in total. The van der Waals surface area contributed by atoms with Crippen LogP contribution in [-0.4, -0.2) is 11.7 Å². The minimum absolute atomic E-state index is 0.164. The Balaban J connectivity index is 2.05. The van der Waals surface area contributed by atoms with Crippen LogP contribution in [-0.2, 0) is 11.0 Å². The predicted octanol–water partition coefficient (Wildman–Crippen LogP) is 4.93. The van der Waals surface area contributed by atoms with Crippen molar-refractivity contribution in [1.82, 2.24) is 0 Å². The van der Waals surface area contributed by atoms with Crippen LogP contribution in [0.15, 0.2) is 42.5 Å². The lowest BCUT2D eigenvalue weighted by molar-refractivity contribution is -0.137. The second-order valence-corrected chi connectivity index (χ2v) is 6.55. The maximum absolute atomic E-state index is 13.1. The molecular weight excluding hydrogens is 342 g/mol. The molecule has 0 aliphatic carbocycles. The fourth-order valence-electron chi connectivity index (χ4n) is 2.60. The largest absolute Gasteiger partial charge is 0.416 e. The van der Waals surface area contributed by atoms with Crippen molar-refractivity contribution in [1.29, 1.82) is 0 Å².